The molecule has 2 atom stereocenters. The van der Waals surface area contributed by atoms with Gasteiger partial charge in [0.2, 0.25) is 0 Å². The molecule has 1 amide bonds. The van der Waals surface area contributed by atoms with Crippen molar-refractivity contribution >= 4 is 46.8 Å². The van der Waals surface area contributed by atoms with Crippen molar-refractivity contribution in [1.82, 2.24) is 9.88 Å². The molecule has 1 saturated heterocycles. The lowest BCUT2D eigenvalue weighted by molar-refractivity contribution is -0.141. The van der Waals surface area contributed by atoms with Crippen LogP contribution in [0.25, 0.3) is 0 Å². The zero-order valence-electron chi connectivity index (χ0n) is 10.3. The van der Waals surface area contributed by atoms with Crippen LogP contribution in [-0.2, 0) is 4.79 Å². The van der Waals surface area contributed by atoms with Gasteiger partial charge in [0.1, 0.15) is 16.9 Å². The van der Waals surface area contributed by atoms with Crippen molar-refractivity contribution in [2.24, 2.45) is 5.92 Å². The SMILES string of the molecule is O=C(O)C1CSC(C2CC2)N1C(=O)c1cc(Cl)c(Cl)[nH]1. The summed E-state index contributed by atoms with van der Waals surface area (Å²) in [6, 6.07) is 0.650. The maximum absolute atomic E-state index is 12.6. The number of carboxylic acid groups (broad SMARTS) is 1. The average molecular weight is 335 g/mol. The number of aromatic nitrogens is 1. The Kier molecular flexibility index (Phi) is 3.64. The van der Waals surface area contributed by atoms with Crippen molar-refractivity contribution in [2.45, 2.75) is 24.3 Å². The Hall–Kier alpha value is -0.850. The van der Waals surface area contributed by atoms with Crippen LogP contribution in [0.5, 0.6) is 0 Å². The van der Waals surface area contributed by atoms with E-state index in [1.54, 1.807) is 0 Å². The summed E-state index contributed by atoms with van der Waals surface area (Å²) in [6.07, 6.45) is 2.08. The van der Waals surface area contributed by atoms with Crippen molar-refractivity contribution in [3.05, 3.63) is 21.9 Å². The van der Waals surface area contributed by atoms with E-state index in [0.29, 0.717) is 11.7 Å². The van der Waals surface area contributed by atoms with Crippen molar-refractivity contribution < 1.29 is 14.7 Å². The fraction of sp³-hybridized carbons (Fsp3) is 0.500. The number of rotatable bonds is 3. The molecule has 1 aromatic heterocycles. The van der Waals surface area contributed by atoms with Gasteiger partial charge in [-0.05, 0) is 24.8 Å². The minimum Gasteiger partial charge on any atom is -0.480 e. The fourth-order valence-electron chi connectivity index (χ4n) is 2.38. The van der Waals surface area contributed by atoms with E-state index in [1.807, 2.05) is 0 Å². The fourth-order valence-corrected chi connectivity index (χ4v) is 4.32. The minimum atomic E-state index is -0.974. The molecule has 2 N–H and O–H groups in total. The summed E-state index contributed by atoms with van der Waals surface area (Å²) in [7, 11) is 0. The van der Waals surface area contributed by atoms with Crippen molar-refractivity contribution in [3.8, 4) is 0 Å². The molecule has 2 heterocycles. The third-order valence-corrected chi connectivity index (χ3v) is 5.69. The predicted molar refractivity (Wildman–Crippen MR) is 77.4 cm³/mol. The van der Waals surface area contributed by atoms with Crippen LogP contribution >= 0.6 is 35.0 Å². The van der Waals surface area contributed by atoms with Gasteiger partial charge < -0.3 is 15.0 Å². The molecule has 0 aromatic carbocycles. The number of hydrogen-bond donors (Lipinski definition) is 2. The summed E-state index contributed by atoms with van der Waals surface area (Å²) in [6.45, 7) is 0. The third kappa shape index (κ3) is 2.40. The van der Waals surface area contributed by atoms with E-state index >= 15 is 0 Å². The van der Waals surface area contributed by atoms with Crippen LogP contribution in [0.2, 0.25) is 10.2 Å². The zero-order valence-corrected chi connectivity index (χ0v) is 12.6. The molecule has 0 spiro atoms. The Morgan fingerprint density at radius 1 is 1.40 bits per heavy atom. The van der Waals surface area contributed by atoms with Crippen molar-refractivity contribution in [3.63, 3.8) is 0 Å². The maximum Gasteiger partial charge on any atom is 0.327 e. The quantitative estimate of drug-likeness (QED) is 0.891. The molecule has 2 fully saturated rings. The first-order chi connectivity index (χ1) is 9.49. The predicted octanol–water partition coefficient (Wildman–Crippen LogP) is 2.70. The summed E-state index contributed by atoms with van der Waals surface area (Å²) in [5.74, 6) is -0.509. The van der Waals surface area contributed by atoms with Gasteiger partial charge in [-0.3, -0.25) is 4.79 Å². The van der Waals surface area contributed by atoms with Gasteiger partial charge in [0.15, 0.2) is 0 Å². The van der Waals surface area contributed by atoms with E-state index in [4.69, 9.17) is 23.2 Å². The smallest absolute Gasteiger partial charge is 0.327 e. The number of nitrogens with one attached hydrogen (secondary N) is 1. The van der Waals surface area contributed by atoms with Crippen molar-refractivity contribution in [2.75, 3.05) is 5.75 Å². The molecule has 1 aliphatic carbocycles. The van der Waals surface area contributed by atoms with Gasteiger partial charge >= 0.3 is 5.97 Å². The number of H-pyrrole nitrogens is 1. The number of aromatic amines is 1. The number of carbonyl (C=O) groups is 2. The molecule has 1 aliphatic heterocycles. The van der Waals surface area contributed by atoms with Crippen LogP contribution < -0.4 is 0 Å². The van der Waals surface area contributed by atoms with Crippen LogP contribution in [0.15, 0.2) is 6.07 Å². The molecule has 20 heavy (non-hydrogen) atoms. The van der Waals surface area contributed by atoms with Gasteiger partial charge in [0.25, 0.3) is 5.91 Å². The van der Waals surface area contributed by atoms with Gasteiger partial charge in [-0.1, -0.05) is 23.2 Å². The highest BCUT2D eigenvalue weighted by Gasteiger charge is 2.48. The van der Waals surface area contributed by atoms with Gasteiger partial charge in [-0.25, -0.2) is 4.79 Å². The molecular formula is C12H12Cl2N2O3S. The first-order valence-corrected chi connectivity index (χ1v) is 8.00. The zero-order chi connectivity index (χ0) is 14.4. The van der Waals surface area contributed by atoms with Crippen LogP contribution in [0, 0.1) is 5.92 Å². The number of nitrogens with zero attached hydrogens (tertiary/aromatic N) is 1. The number of carbonyl (C=O) groups excluding carboxylic acids is 1. The van der Waals surface area contributed by atoms with Crippen LogP contribution in [-0.4, -0.2) is 44.0 Å². The number of thioether (sulfide) groups is 1. The van der Waals surface area contributed by atoms with E-state index in [0.717, 1.165) is 12.8 Å². The molecule has 0 radical (unpaired) electrons. The first-order valence-electron chi connectivity index (χ1n) is 6.20. The first kappa shape index (κ1) is 14.1. The second-order valence-electron chi connectivity index (χ2n) is 4.97. The van der Waals surface area contributed by atoms with E-state index in [9.17, 15) is 14.7 Å². The molecule has 1 aromatic rings. The Morgan fingerprint density at radius 2 is 2.10 bits per heavy atom. The Bertz CT molecular complexity index is 554. The molecule has 5 nitrogen and oxygen atoms in total. The highest BCUT2D eigenvalue weighted by molar-refractivity contribution is 8.00. The van der Waals surface area contributed by atoms with E-state index < -0.39 is 12.0 Å². The summed E-state index contributed by atoms with van der Waals surface area (Å²) < 4.78 is 0. The number of carboxylic acids is 1. The normalized spacial score (nSPS) is 26.0. The number of amides is 1. The minimum absolute atomic E-state index is 0.0653. The molecule has 2 aliphatic rings. The lowest BCUT2D eigenvalue weighted by Gasteiger charge is -2.26. The van der Waals surface area contributed by atoms with Crippen LogP contribution in [0.4, 0.5) is 0 Å². The Labute approximate surface area is 129 Å². The van der Waals surface area contributed by atoms with E-state index in [-0.39, 0.29) is 27.2 Å². The summed E-state index contributed by atoms with van der Waals surface area (Å²) in [4.78, 5) is 28.1. The Morgan fingerprint density at radius 3 is 2.60 bits per heavy atom. The molecule has 3 rings (SSSR count). The maximum atomic E-state index is 12.6. The summed E-state index contributed by atoms with van der Waals surface area (Å²) in [5.41, 5.74) is 0.236. The average Bonchev–Trinajstić information content (AvgIpc) is 3.05. The highest BCUT2D eigenvalue weighted by atomic mass is 35.5. The van der Waals surface area contributed by atoms with Gasteiger partial charge in [0, 0.05) is 5.75 Å². The molecular weight excluding hydrogens is 323 g/mol. The van der Waals surface area contributed by atoms with E-state index in [1.165, 1.54) is 22.7 Å². The molecule has 2 unspecified atom stereocenters. The topological polar surface area (TPSA) is 73.4 Å². The van der Waals surface area contributed by atoms with Gasteiger partial charge in [0.05, 0.1) is 10.4 Å². The number of hydrogen-bond acceptors (Lipinski definition) is 3. The van der Waals surface area contributed by atoms with Crippen LogP contribution in [0.3, 0.4) is 0 Å². The van der Waals surface area contributed by atoms with Crippen LogP contribution in [0.1, 0.15) is 23.3 Å². The molecule has 1 saturated carbocycles. The Balaban J connectivity index is 1.90. The summed E-state index contributed by atoms with van der Waals surface area (Å²) in [5, 5.41) is 9.68. The van der Waals surface area contributed by atoms with Gasteiger partial charge in [-0.15, -0.1) is 11.8 Å². The highest BCUT2D eigenvalue weighted by Crippen LogP contribution is 2.46. The van der Waals surface area contributed by atoms with E-state index in [2.05, 4.69) is 4.98 Å². The second kappa shape index (κ2) is 5.16. The van der Waals surface area contributed by atoms with Gasteiger partial charge in [-0.2, -0.15) is 0 Å². The standard InChI is InChI=1S/C12H12Cl2N2O3S/c13-6-3-7(15-9(6)14)10(17)16-8(12(18)19)4-20-11(16)5-1-2-5/h3,5,8,11,15H,1-2,4H2,(H,18,19). The van der Waals surface area contributed by atoms with Crippen molar-refractivity contribution in [1.29, 1.82) is 0 Å². The molecule has 8 heteroatoms. The monoisotopic (exact) mass is 334 g/mol. The lowest BCUT2D eigenvalue weighted by atomic mass is 10.2. The second-order valence-corrected chi connectivity index (χ2v) is 6.91. The number of aliphatic carboxylic acids is 1. The molecule has 0 bridgehead atoms. The lowest BCUT2D eigenvalue weighted by Crippen LogP contribution is -2.46. The third-order valence-electron chi connectivity index (χ3n) is 3.54. The number of halogens is 2. The molecule has 108 valence electrons. The summed E-state index contributed by atoms with van der Waals surface area (Å²) >= 11 is 13.2. The largest absolute Gasteiger partial charge is 0.480 e.